The van der Waals surface area contributed by atoms with E-state index in [1.807, 2.05) is 47.6 Å². The molecular weight excluding hydrogens is 340 g/mol. The Balaban J connectivity index is 2.56. The third-order valence-corrected chi connectivity index (χ3v) is 5.79. The monoisotopic (exact) mass is 364 g/mol. The second kappa shape index (κ2) is 6.96. The molecule has 0 atom stereocenters. The van der Waals surface area contributed by atoms with Gasteiger partial charge in [-0.1, -0.05) is 37.7 Å². The van der Waals surface area contributed by atoms with Crippen LogP contribution in [0.2, 0.25) is 0 Å². The first kappa shape index (κ1) is 19.1. The molecular formula is C19H24O3S2. The molecule has 1 aliphatic rings. The molecule has 1 aromatic rings. The predicted molar refractivity (Wildman–Crippen MR) is 103 cm³/mol. The van der Waals surface area contributed by atoms with Gasteiger partial charge >= 0.3 is 5.30 Å². The number of carbonyl (C=O) groups excluding carboxylic acids is 2. The summed E-state index contributed by atoms with van der Waals surface area (Å²) in [5, 5.41) is -0.260. The molecule has 5 heteroatoms. The molecule has 0 unspecified atom stereocenters. The Morgan fingerprint density at radius 3 is 2.29 bits per heavy atom. The SMILES string of the molecule is Cc1cc(C)c(C2=C(OC(=O)SC(C)C)C(C)(C)SC2=O)cc1C. The first-order valence-electron chi connectivity index (χ1n) is 7.97. The first-order valence-corrected chi connectivity index (χ1v) is 9.67. The van der Waals surface area contributed by atoms with E-state index < -0.39 is 4.75 Å². The zero-order valence-electron chi connectivity index (χ0n) is 15.3. The van der Waals surface area contributed by atoms with Crippen LogP contribution in [0, 0.1) is 20.8 Å². The molecule has 0 amide bonds. The fourth-order valence-corrected chi connectivity index (χ4v) is 4.18. The quantitative estimate of drug-likeness (QED) is 0.648. The lowest BCUT2D eigenvalue weighted by atomic mass is 9.93. The van der Waals surface area contributed by atoms with E-state index in [-0.39, 0.29) is 15.7 Å². The van der Waals surface area contributed by atoms with Crippen molar-refractivity contribution in [1.82, 2.24) is 0 Å². The molecule has 0 saturated heterocycles. The number of hydrogen-bond donors (Lipinski definition) is 0. The zero-order chi connectivity index (χ0) is 18.2. The lowest BCUT2D eigenvalue weighted by molar-refractivity contribution is -0.106. The van der Waals surface area contributed by atoms with Gasteiger partial charge < -0.3 is 4.74 Å². The van der Waals surface area contributed by atoms with Crippen molar-refractivity contribution in [3.8, 4) is 0 Å². The Labute approximate surface area is 152 Å². The first-order chi connectivity index (χ1) is 11.0. The average Bonchev–Trinajstić information content (AvgIpc) is 2.63. The maximum atomic E-state index is 12.7. The molecule has 2 rings (SSSR count). The zero-order valence-corrected chi connectivity index (χ0v) is 16.9. The lowest BCUT2D eigenvalue weighted by Gasteiger charge is -2.20. The van der Waals surface area contributed by atoms with Crippen LogP contribution >= 0.6 is 23.5 Å². The van der Waals surface area contributed by atoms with E-state index in [2.05, 4.69) is 13.0 Å². The molecule has 0 saturated carbocycles. The number of thioether (sulfide) groups is 2. The summed E-state index contributed by atoms with van der Waals surface area (Å²) < 4.78 is 5.11. The van der Waals surface area contributed by atoms with Crippen molar-refractivity contribution in [3.63, 3.8) is 0 Å². The van der Waals surface area contributed by atoms with Crippen LogP contribution in [0.25, 0.3) is 5.57 Å². The van der Waals surface area contributed by atoms with Crippen molar-refractivity contribution in [2.24, 2.45) is 0 Å². The van der Waals surface area contributed by atoms with Crippen LogP contribution in [0.5, 0.6) is 0 Å². The number of ether oxygens (including phenoxy) is 1. The predicted octanol–water partition coefficient (Wildman–Crippen LogP) is 5.65. The van der Waals surface area contributed by atoms with E-state index in [1.54, 1.807) is 0 Å². The third kappa shape index (κ3) is 3.89. The standard InChI is InChI=1S/C19H24O3S2/c1-10(2)23-18(21)22-16-15(17(20)24-19(16,6)7)14-9-12(4)11(3)8-13(14)5/h8-10H,1-7H3. The maximum absolute atomic E-state index is 12.7. The molecule has 1 aromatic carbocycles. The van der Waals surface area contributed by atoms with Crippen LogP contribution in [0.4, 0.5) is 4.79 Å². The van der Waals surface area contributed by atoms with Gasteiger partial charge in [0.2, 0.25) is 5.12 Å². The molecule has 0 aromatic heterocycles. The van der Waals surface area contributed by atoms with Crippen LogP contribution in [0.3, 0.4) is 0 Å². The molecule has 0 N–H and O–H groups in total. The average molecular weight is 365 g/mol. The van der Waals surface area contributed by atoms with Crippen LogP contribution in [0.1, 0.15) is 49.9 Å². The number of rotatable bonds is 3. The highest BCUT2D eigenvalue weighted by Gasteiger charge is 2.43. The van der Waals surface area contributed by atoms with E-state index >= 15 is 0 Å². The van der Waals surface area contributed by atoms with Crippen LogP contribution in [-0.2, 0) is 9.53 Å². The number of hydrogen-bond acceptors (Lipinski definition) is 5. The van der Waals surface area contributed by atoms with E-state index in [4.69, 9.17) is 4.74 Å². The minimum atomic E-state index is -0.551. The third-order valence-electron chi connectivity index (χ3n) is 3.95. The topological polar surface area (TPSA) is 43.4 Å². The summed E-state index contributed by atoms with van der Waals surface area (Å²) in [5.41, 5.74) is 4.71. The van der Waals surface area contributed by atoms with Crippen molar-refractivity contribution in [1.29, 1.82) is 0 Å². The Bertz CT molecular complexity index is 730. The van der Waals surface area contributed by atoms with Crippen molar-refractivity contribution in [3.05, 3.63) is 40.1 Å². The number of benzene rings is 1. The number of aryl methyl sites for hydroxylation is 3. The van der Waals surface area contributed by atoms with E-state index in [0.29, 0.717) is 11.3 Å². The molecule has 0 aliphatic carbocycles. The molecule has 0 spiro atoms. The van der Waals surface area contributed by atoms with Crippen molar-refractivity contribution < 1.29 is 14.3 Å². The minimum Gasteiger partial charge on any atom is -0.421 e. The van der Waals surface area contributed by atoms with Gasteiger partial charge in [0, 0.05) is 5.25 Å². The van der Waals surface area contributed by atoms with E-state index in [1.165, 1.54) is 17.3 Å². The fourth-order valence-electron chi connectivity index (χ4n) is 2.66. The van der Waals surface area contributed by atoms with Gasteiger partial charge in [0.1, 0.15) is 5.76 Å². The molecule has 0 fully saturated rings. The molecule has 130 valence electrons. The Morgan fingerprint density at radius 1 is 1.12 bits per heavy atom. The van der Waals surface area contributed by atoms with Gasteiger partial charge in [0.25, 0.3) is 0 Å². The highest BCUT2D eigenvalue weighted by molar-refractivity contribution is 8.16. The number of carbonyl (C=O) groups is 2. The highest BCUT2D eigenvalue weighted by atomic mass is 32.2. The smallest absolute Gasteiger partial charge is 0.372 e. The summed E-state index contributed by atoms with van der Waals surface area (Å²) in [6.07, 6.45) is 0. The van der Waals surface area contributed by atoms with Gasteiger partial charge in [-0.3, -0.25) is 4.79 Å². The second-order valence-electron chi connectivity index (χ2n) is 6.87. The summed E-state index contributed by atoms with van der Waals surface area (Å²) in [6, 6.07) is 4.09. The highest BCUT2D eigenvalue weighted by Crippen LogP contribution is 2.48. The van der Waals surface area contributed by atoms with Crippen molar-refractivity contribution in [2.75, 3.05) is 0 Å². The van der Waals surface area contributed by atoms with Gasteiger partial charge in [-0.05, 0) is 68.6 Å². The lowest BCUT2D eigenvalue weighted by Crippen LogP contribution is -2.19. The summed E-state index contributed by atoms with van der Waals surface area (Å²) in [7, 11) is 0. The normalized spacial score (nSPS) is 16.9. The molecule has 24 heavy (non-hydrogen) atoms. The Morgan fingerprint density at radius 2 is 1.71 bits per heavy atom. The summed E-state index contributed by atoms with van der Waals surface area (Å²) in [4.78, 5) is 24.8. The molecule has 3 nitrogen and oxygen atoms in total. The van der Waals surface area contributed by atoms with Crippen LogP contribution in [-0.4, -0.2) is 20.4 Å². The molecule has 1 aliphatic heterocycles. The van der Waals surface area contributed by atoms with Crippen molar-refractivity contribution in [2.45, 2.75) is 58.5 Å². The van der Waals surface area contributed by atoms with Crippen LogP contribution < -0.4 is 0 Å². The van der Waals surface area contributed by atoms with Gasteiger partial charge in [-0.25, -0.2) is 4.79 Å². The Hall–Kier alpha value is -1.20. The summed E-state index contributed by atoms with van der Waals surface area (Å²) >= 11 is 2.35. The minimum absolute atomic E-state index is 0.0382. The molecule has 0 radical (unpaired) electrons. The molecule has 0 bridgehead atoms. The second-order valence-corrected chi connectivity index (χ2v) is 9.98. The maximum Gasteiger partial charge on any atom is 0.372 e. The van der Waals surface area contributed by atoms with Crippen molar-refractivity contribution >= 4 is 39.5 Å². The molecule has 1 heterocycles. The van der Waals surface area contributed by atoms with E-state index in [0.717, 1.165) is 28.5 Å². The summed E-state index contributed by atoms with van der Waals surface area (Å²) in [6.45, 7) is 13.8. The van der Waals surface area contributed by atoms with Gasteiger partial charge in [0.05, 0.1) is 10.3 Å². The summed E-state index contributed by atoms with van der Waals surface area (Å²) in [5.74, 6) is 0.474. The van der Waals surface area contributed by atoms with E-state index in [9.17, 15) is 9.59 Å². The Kier molecular flexibility index (Phi) is 5.55. The van der Waals surface area contributed by atoms with Gasteiger partial charge in [0.15, 0.2) is 0 Å². The largest absolute Gasteiger partial charge is 0.421 e. The van der Waals surface area contributed by atoms with Gasteiger partial charge in [-0.15, -0.1) is 0 Å². The van der Waals surface area contributed by atoms with Gasteiger partial charge in [-0.2, -0.15) is 0 Å². The fraction of sp³-hybridized carbons (Fsp3) is 0.474. The van der Waals surface area contributed by atoms with Crippen LogP contribution in [0.15, 0.2) is 17.9 Å².